The average Bonchev–Trinajstić information content (AvgIpc) is 2.98. The van der Waals surface area contributed by atoms with Gasteiger partial charge in [-0.3, -0.25) is 9.59 Å². The second-order valence-corrected chi connectivity index (χ2v) is 15.2. The molecule has 0 fully saturated rings. The number of benzene rings is 3. The summed E-state index contributed by atoms with van der Waals surface area (Å²) in [6.07, 6.45) is 3.33. The molecule has 1 heterocycles. The summed E-state index contributed by atoms with van der Waals surface area (Å²) in [5.41, 5.74) is 6.57. The molecule has 6 rings (SSSR count). The monoisotopic (exact) mass is 667 g/mol. The molecule has 0 radical (unpaired) electrons. The fraction of sp³-hybridized carbons (Fsp3) is 0.385. The smallest absolute Gasteiger partial charge is 0.162 e. The first-order chi connectivity index (χ1) is 21.4. The third-order valence-corrected chi connectivity index (χ3v) is 9.85. The number of halogens is 1. The molecule has 3 aromatic rings. The van der Waals surface area contributed by atoms with Crippen LogP contribution in [0.1, 0.15) is 76.0 Å². The standard InChI is InChI=1S/C39H42BrNO4/c1-38(2)20-29-36(31(42)22-38)35(27-13-16-33(34(19-27)44-5)45-24-26-11-14-28(40)15-12-26)37-30(21-39(3,4)23-32(37)43)41(29)18-17-25-9-7-6-8-10-25/h6-16,19,35H,17-18,20-24H2,1-5H3. The summed E-state index contributed by atoms with van der Waals surface area (Å²) in [5, 5.41) is 0. The molecule has 1 aliphatic heterocycles. The van der Waals surface area contributed by atoms with Crippen LogP contribution in [-0.2, 0) is 22.6 Å². The molecule has 0 bridgehead atoms. The van der Waals surface area contributed by atoms with E-state index in [0.717, 1.165) is 63.9 Å². The van der Waals surface area contributed by atoms with Crippen molar-refractivity contribution in [3.8, 4) is 11.5 Å². The number of allylic oxidation sites excluding steroid dienone is 4. The lowest BCUT2D eigenvalue weighted by Crippen LogP contribution is -2.45. The minimum absolute atomic E-state index is 0.134. The van der Waals surface area contributed by atoms with Gasteiger partial charge in [-0.15, -0.1) is 0 Å². The summed E-state index contributed by atoms with van der Waals surface area (Å²) >= 11 is 3.48. The van der Waals surface area contributed by atoms with Crippen LogP contribution < -0.4 is 9.47 Å². The number of ether oxygens (including phenoxy) is 2. The number of hydrogen-bond acceptors (Lipinski definition) is 5. The Kier molecular flexibility index (Phi) is 8.55. The molecular formula is C39H42BrNO4. The van der Waals surface area contributed by atoms with Gasteiger partial charge in [-0.25, -0.2) is 0 Å². The molecule has 0 atom stereocenters. The zero-order valence-electron chi connectivity index (χ0n) is 26.9. The molecule has 0 N–H and O–H groups in total. The molecule has 3 aliphatic rings. The van der Waals surface area contributed by atoms with E-state index in [2.05, 4.69) is 72.8 Å². The Morgan fingerprint density at radius 1 is 0.756 bits per heavy atom. The normalized spacial score (nSPS) is 19.4. The highest BCUT2D eigenvalue weighted by atomic mass is 79.9. The van der Waals surface area contributed by atoms with Gasteiger partial charge in [0.1, 0.15) is 6.61 Å². The Hall–Kier alpha value is -3.64. The van der Waals surface area contributed by atoms with Crippen LogP contribution in [0, 0.1) is 10.8 Å². The minimum atomic E-state index is -0.426. The molecule has 6 heteroatoms. The lowest BCUT2D eigenvalue weighted by atomic mass is 9.63. The van der Waals surface area contributed by atoms with Gasteiger partial charge >= 0.3 is 0 Å². The second-order valence-electron chi connectivity index (χ2n) is 14.2. The Morgan fingerprint density at radius 2 is 1.36 bits per heavy atom. The van der Waals surface area contributed by atoms with E-state index in [1.165, 1.54) is 5.56 Å². The molecule has 45 heavy (non-hydrogen) atoms. The number of nitrogens with zero attached hydrogens (tertiary/aromatic N) is 1. The van der Waals surface area contributed by atoms with Crippen LogP contribution in [0.25, 0.3) is 0 Å². The van der Waals surface area contributed by atoms with Gasteiger partial charge in [-0.1, -0.05) is 92.2 Å². The molecule has 0 saturated heterocycles. The molecule has 0 saturated carbocycles. The Labute approximate surface area is 275 Å². The summed E-state index contributed by atoms with van der Waals surface area (Å²) in [5.74, 6) is 1.06. The number of carbonyl (C=O) groups is 2. The fourth-order valence-electron chi connectivity index (χ4n) is 7.26. The van der Waals surface area contributed by atoms with Crippen LogP contribution in [0.5, 0.6) is 11.5 Å². The van der Waals surface area contributed by atoms with Crippen molar-refractivity contribution in [3.63, 3.8) is 0 Å². The van der Waals surface area contributed by atoms with Crippen molar-refractivity contribution in [1.29, 1.82) is 0 Å². The number of rotatable bonds is 8. The van der Waals surface area contributed by atoms with Gasteiger partial charge in [0.15, 0.2) is 23.1 Å². The third-order valence-electron chi connectivity index (χ3n) is 9.32. The average molecular weight is 669 g/mol. The van der Waals surface area contributed by atoms with Crippen molar-refractivity contribution in [2.45, 2.75) is 72.3 Å². The van der Waals surface area contributed by atoms with E-state index in [0.29, 0.717) is 30.9 Å². The first-order valence-corrected chi connectivity index (χ1v) is 16.6. The predicted octanol–water partition coefficient (Wildman–Crippen LogP) is 8.97. The Balaban J connectivity index is 1.44. The van der Waals surface area contributed by atoms with Gasteiger partial charge in [-0.2, -0.15) is 0 Å². The highest BCUT2D eigenvalue weighted by Gasteiger charge is 2.49. The Bertz CT molecular complexity index is 1630. The molecule has 234 valence electrons. The van der Waals surface area contributed by atoms with Crippen LogP contribution in [0.2, 0.25) is 0 Å². The van der Waals surface area contributed by atoms with Crippen LogP contribution in [0.4, 0.5) is 0 Å². The molecule has 5 nitrogen and oxygen atoms in total. The Morgan fingerprint density at radius 3 is 1.93 bits per heavy atom. The molecule has 0 amide bonds. The molecular weight excluding hydrogens is 626 g/mol. The van der Waals surface area contributed by atoms with Crippen LogP contribution in [0.15, 0.2) is 99.8 Å². The van der Waals surface area contributed by atoms with Gasteiger partial charge in [0.25, 0.3) is 0 Å². The van der Waals surface area contributed by atoms with Gasteiger partial charge in [0, 0.05) is 52.3 Å². The maximum absolute atomic E-state index is 14.2. The van der Waals surface area contributed by atoms with E-state index in [9.17, 15) is 9.59 Å². The van der Waals surface area contributed by atoms with Gasteiger partial charge in [0.05, 0.1) is 7.11 Å². The lowest BCUT2D eigenvalue weighted by Gasteiger charge is -2.49. The third kappa shape index (κ3) is 6.53. The highest BCUT2D eigenvalue weighted by molar-refractivity contribution is 9.10. The number of carbonyl (C=O) groups excluding carboxylic acids is 2. The number of Topliss-reactive ketones (excluding diaryl/α,β-unsaturated/α-hetero) is 2. The number of hydrogen-bond donors (Lipinski definition) is 0. The van der Waals surface area contributed by atoms with Gasteiger partial charge in [0.2, 0.25) is 0 Å². The van der Waals surface area contributed by atoms with Gasteiger partial charge < -0.3 is 14.4 Å². The van der Waals surface area contributed by atoms with Crippen molar-refractivity contribution in [1.82, 2.24) is 4.90 Å². The SMILES string of the molecule is COc1cc(C2C3=C(CC(C)(C)CC3=O)N(CCc3ccccc3)C3=C2C(=O)CC(C)(C)C3)ccc1OCc1ccc(Br)cc1. The first-order valence-electron chi connectivity index (χ1n) is 15.8. The maximum atomic E-state index is 14.2. The summed E-state index contributed by atoms with van der Waals surface area (Å²) in [6.45, 7) is 9.85. The number of ketones is 2. The largest absolute Gasteiger partial charge is 0.493 e. The van der Waals surface area contributed by atoms with Crippen molar-refractivity contribution < 1.29 is 19.1 Å². The van der Waals surface area contributed by atoms with E-state index < -0.39 is 5.92 Å². The van der Waals surface area contributed by atoms with Crippen molar-refractivity contribution >= 4 is 27.5 Å². The molecule has 3 aromatic carbocycles. The topological polar surface area (TPSA) is 55.8 Å². The van der Waals surface area contributed by atoms with Crippen LogP contribution in [0.3, 0.4) is 0 Å². The van der Waals surface area contributed by atoms with Crippen LogP contribution >= 0.6 is 15.9 Å². The minimum Gasteiger partial charge on any atom is -0.493 e. The van der Waals surface area contributed by atoms with E-state index >= 15 is 0 Å². The molecule has 0 unspecified atom stereocenters. The van der Waals surface area contributed by atoms with Gasteiger partial charge in [-0.05, 0) is 71.0 Å². The fourth-order valence-corrected chi connectivity index (χ4v) is 7.53. The van der Waals surface area contributed by atoms with Crippen molar-refractivity contribution in [2.24, 2.45) is 10.8 Å². The van der Waals surface area contributed by atoms with Crippen molar-refractivity contribution in [3.05, 3.63) is 116 Å². The second kappa shape index (κ2) is 12.3. The summed E-state index contributed by atoms with van der Waals surface area (Å²) < 4.78 is 13.0. The summed E-state index contributed by atoms with van der Waals surface area (Å²) in [4.78, 5) is 30.7. The van der Waals surface area contributed by atoms with E-state index in [1.807, 2.05) is 48.5 Å². The maximum Gasteiger partial charge on any atom is 0.162 e. The quantitative estimate of drug-likeness (QED) is 0.240. The summed E-state index contributed by atoms with van der Waals surface area (Å²) in [6, 6.07) is 24.4. The highest BCUT2D eigenvalue weighted by Crippen LogP contribution is 2.55. The predicted molar refractivity (Wildman–Crippen MR) is 181 cm³/mol. The van der Waals surface area contributed by atoms with Crippen molar-refractivity contribution in [2.75, 3.05) is 13.7 Å². The zero-order valence-corrected chi connectivity index (χ0v) is 28.5. The summed E-state index contributed by atoms with van der Waals surface area (Å²) in [7, 11) is 1.63. The molecule has 0 aromatic heterocycles. The van der Waals surface area contributed by atoms with Crippen LogP contribution in [-0.4, -0.2) is 30.1 Å². The molecule has 2 aliphatic carbocycles. The molecule has 0 spiro atoms. The van der Waals surface area contributed by atoms with E-state index in [1.54, 1.807) is 7.11 Å². The van der Waals surface area contributed by atoms with E-state index in [4.69, 9.17) is 9.47 Å². The lowest BCUT2D eigenvalue weighted by molar-refractivity contribution is -0.119. The zero-order chi connectivity index (χ0) is 31.9. The first kappa shape index (κ1) is 31.3. The number of methoxy groups -OCH3 is 1. The van der Waals surface area contributed by atoms with E-state index in [-0.39, 0.29) is 22.4 Å².